The van der Waals surface area contributed by atoms with Crippen molar-refractivity contribution in [3.05, 3.63) is 46.2 Å². The molecule has 1 unspecified atom stereocenters. The highest BCUT2D eigenvalue weighted by Gasteiger charge is 2.35. The zero-order chi connectivity index (χ0) is 16.3. The first-order chi connectivity index (χ1) is 11.0. The van der Waals surface area contributed by atoms with Gasteiger partial charge >= 0.3 is 6.18 Å². The van der Waals surface area contributed by atoms with Gasteiger partial charge in [0.1, 0.15) is 0 Å². The van der Waals surface area contributed by atoms with E-state index in [0.29, 0.717) is 5.01 Å². The van der Waals surface area contributed by atoms with Gasteiger partial charge in [0.25, 0.3) is 0 Å². The molecule has 23 heavy (non-hydrogen) atoms. The van der Waals surface area contributed by atoms with E-state index in [2.05, 4.69) is 14.9 Å². The molecule has 0 aliphatic carbocycles. The number of likely N-dealkylation sites (tertiary alicyclic amines) is 1. The van der Waals surface area contributed by atoms with E-state index in [9.17, 15) is 13.2 Å². The summed E-state index contributed by atoms with van der Waals surface area (Å²) >= 11 is 1.13. The lowest BCUT2D eigenvalue weighted by Gasteiger charge is -2.31. The first kappa shape index (κ1) is 16.4. The van der Waals surface area contributed by atoms with Gasteiger partial charge in [0.2, 0.25) is 0 Å². The SMILES string of the molecule is FC(F)(F)c1csc(C2CCCN(CCc3ccncc3)C2)n1. The van der Waals surface area contributed by atoms with Crippen LogP contribution in [-0.2, 0) is 12.6 Å². The van der Waals surface area contributed by atoms with Crippen LogP contribution >= 0.6 is 11.3 Å². The predicted molar refractivity (Wildman–Crippen MR) is 83.5 cm³/mol. The molecule has 1 atom stereocenters. The van der Waals surface area contributed by atoms with Crippen LogP contribution in [0.3, 0.4) is 0 Å². The topological polar surface area (TPSA) is 29.0 Å². The Balaban J connectivity index is 1.59. The number of halogens is 3. The zero-order valence-corrected chi connectivity index (χ0v) is 13.4. The third-order valence-electron chi connectivity index (χ3n) is 4.13. The van der Waals surface area contributed by atoms with Crippen molar-refractivity contribution >= 4 is 11.3 Å². The number of hydrogen-bond donors (Lipinski definition) is 0. The maximum atomic E-state index is 12.7. The van der Waals surface area contributed by atoms with E-state index in [4.69, 9.17) is 0 Å². The highest BCUT2D eigenvalue weighted by molar-refractivity contribution is 7.09. The molecular weight excluding hydrogens is 323 g/mol. The molecule has 0 radical (unpaired) electrons. The maximum absolute atomic E-state index is 12.7. The molecule has 2 aromatic heterocycles. The molecule has 0 aromatic carbocycles. The minimum absolute atomic E-state index is 0.113. The molecule has 0 N–H and O–H groups in total. The molecule has 1 aliphatic heterocycles. The van der Waals surface area contributed by atoms with Crippen molar-refractivity contribution in [3.63, 3.8) is 0 Å². The van der Waals surface area contributed by atoms with Gasteiger partial charge in [0.05, 0.1) is 5.01 Å². The van der Waals surface area contributed by atoms with E-state index in [1.807, 2.05) is 12.1 Å². The summed E-state index contributed by atoms with van der Waals surface area (Å²) in [4.78, 5) is 10.1. The van der Waals surface area contributed by atoms with Crippen LogP contribution in [0.4, 0.5) is 13.2 Å². The second kappa shape index (κ2) is 6.97. The van der Waals surface area contributed by atoms with Gasteiger partial charge in [-0.2, -0.15) is 13.2 Å². The Morgan fingerprint density at radius 1 is 1.26 bits per heavy atom. The summed E-state index contributed by atoms with van der Waals surface area (Å²) in [6.07, 6.45) is 2.06. The quantitative estimate of drug-likeness (QED) is 0.842. The molecule has 0 spiro atoms. The van der Waals surface area contributed by atoms with Crippen LogP contribution in [0.25, 0.3) is 0 Å². The molecule has 124 valence electrons. The number of rotatable bonds is 4. The van der Waals surface area contributed by atoms with Gasteiger partial charge in [-0.1, -0.05) is 0 Å². The van der Waals surface area contributed by atoms with Gasteiger partial charge in [-0.3, -0.25) is 4.98 Å². The first-order valence-corrected chi connectivity index (χ1v) is 8.54. The molecule has 0 amide bonds. The van der Waals surface area contributed by atoms with E-state index in [1.54, 1.807) is 12.4 Å². The zero-order valence-electron chi connectivity index (χ0n) is 12.6. The summed E-state index contributed by atoms with van der Waals surface area (Å²) in [5.41, 5.74) is 0.474. The monoisotopic (exact) mass is 341 g/mol. The van der Waals surface area contributed by atoms with Crippen LogP contribution in [0.2, 0.25) is 0 Å². The summed E-state index contributed by atoms with van der Waals surface area (Å²) < 4.78 is 38.0. The van der Waals surface area contributed by atoms with Crippen molar-refractivity contribution in [1.82, 2.24) is 14.9 Å². The fourth-order valence-corrected chi connectivity index (χ4v) is 3.86. The van der Waals surface area contributed by atoms with E-state index < -0.39 is 11.9 Å². The third-order valence-corrected chi connectivity index (χ3v) is 5.14. The predicted octanol–water partition coefficient (Wildman–Crippen LogP) is 3.98. The summed E-state index contributed by atoms with van der Waals surface area (Å²) in [5.74, 6) is 0.113. The van der Waals surface area contributed by atoms with Crippen LogP contribution in [0.1, 0.15) is 35.0 Å². The second-order valence-electron chi connectivity index (χ2n) is 5.81. The number of alkyl halides is 3. The third kappa shape index (κ3) is 4.29. The highest BCUT2D eigenvalue weighted by atomic mass is 32.1. The second-order valence-corrected chi connectivity index (χ2v) is 6.70. The standard InChI is InChI=1S/C16H18F3N3S/c17-16(18,19)14-11-23-15(21-14)13-2-1-8-22(10-13)9-5-12-3-6-20-7-4-12/h3-4,6-7,11,13H,1-2,5,8-10H2. The molecule has 7 heteroatoms. The number of hydrogen-bond acceptors (Lipinski definition) is 4. The first-order valence-electron chi connectivity index (χ1n) is 7.66. The van der Waals surface area contributed by atoms with E-state index in [1.165, 1.54) is 5.56 Å². The van der Waals surface area contributed by atoms with Crippen molar-refractivity contribution in [1.29, 1.82) is 0 Å². The molecule has 0 bridgehead atoms. The molecule has 1 saturated heterocycles. The fourth-order valence-electron chi connectivity index (χ4n) is 2.90. The number of pyridine rings is 1. The summed E-state index contributed by atoms with van der Waals surface area (Å²) in [5, 5.41) is 1.75. The average Bonchev–Trinajstić information content (AvgIpc) is 3.05. The Morgan fingerprint density at radius 3 is 2.74 bits per heavy atom. The molecule has 3 nitrogen and oxygen atoms in total. The number of aromatic nitrogens is 2. The van der Waals surface area contributed by atoms with Crippen LogP contribution in [0, 0.1) is 0 Å². The van der Waals surface area contributed by atoms with Gasteiger partial charge in [0.15, 0.2) is 5.69 Å². The smallest absolute Gasteiger partial charge is 0.302 e. The van der Waals surface area contributed by atoms with E-state index >= 15 is 0 Å². The highest BCUT2D eigenvalue weighted by Crippen LogP contribution is 2.34. The molecule has 2 aromatic rings. The van der Waals surface area contributed by atoms with Gasteiger partial charge in [-0.05, 0) is 43.5 Å². The van der Waals surface area contributed by atoms with Gasteiger partial charge < -0.3 is 4.90 Å². The van der Waals surface area contributed by atoms with Crippen molar-refractivity contribution < 1.29 is 13.2 Å². The Hall–Kier alpha value is -1.47. The molecule has 1 fully saturated rings. The molecule has 1 aliphatic rings. The summed E-state index contributed by atoms with van der Waals surface area (Å²) in [7, 11) is 0. The van der Waals surface area contributed by atoms with Crippen molar-refractivity contribution in [2.24, 2.45) is 0 Å². The average molecular weight is 341 g/mol. The Labute approximate surface area is 137 Å². The van der Waals surface area contributed by atoms with Gasteiger partial charge in [0, 0.05) is 36.8 Å². The summed E-state index contributed by atoms with van der Waals surface area (Å²) in [6.45, 7) is 2.70. The van der Waals surface area contributed by atoms with Crippen molar-refractivity contribution in [3.8, 4) is 0 Å². The minimum atomic E-state index is -4.34. The van der Waals surface area contributed by atoms with Crippen molar-refractivity contribution in [2.45, 2.75) is 31.4 Å². The van der Waals surface area contributed by atoms with E-state index in [0.717, 1.165) is 55.6 Å². The number of nitrogens with zero attached hydrogens (tertiary/aromatic N) is 3. The molecular formula is C16H18F3N3S. The lowest BCUT2D eigenvalue weighted by Crippen LogP contribution is -2.35. The van der Waals surface area contributed by atoms with Gasteiger partial charge in [-0.15, -0.1) is 11.3 Å². The van der Waals surface area contributed by atoms with Crippen LogP contribution < -0.4 is 0 Å². The van der Waals surface area contributed by atoms with Crippen LogP contribution in [0.5, 0.6) is 0 Å². The Bertz CT molecular complexity index is 627. The van der Waals surface area contributed by atoms with Crippen LogP contribution in [0.15, 0.2) is 29.9 Å². The fraction of sp³-hybridized carbons (Fsp3) is 0.500. The Morgan fingerprint density at radius 2 is 2.04 bits per heavy atom. The largest absolute Gasteiger partial charge is 0.434 e. The number of piperidine rings is 1. The minimum Gasteiger partial charge on any atom is -0.302 e. The van der Waals surface area contributed by atoms with E-state index in [-0.39, 0.29) is 5.92 Å². The van der Waals surface area contributed by atoms with Crippen molar-refractivity contribution in [2.75, 3.05) is 19.6 Å². The summed E-state index contributed by atoms with van der Waals surface area (Å²) in [6, 6.07) is 4.00. The molecule has 3 rings (SSSR count). The molecule has 3 heterocycles. The van der Waals surface area contributed by atoms with Gasteiger partial charge in [-0.25, -0.2) is 4.98 Å². The molecule has 0 saturated carbocycles. The lowest BCUT2D eigenvalue weighted by atomic mass is 9.98. The lowest BCUT2D eigenvalue weighted by molar-refractivity contribution is -0.140. The Kier molecular flexibility index (Phi) is 4.96. The number of thiazole rings is 1. The van der Waals surface area contributed by atoms with Crippen LogP contribution in [-0.4, -0.2) is 34.5 Å². The normalized spacial score (nSPS) is 19.9. The maximum Gasteiger partial charge on any atom is 0.434 e.